The molecule has 0 aliphatic carbocycles. The molecular weight excluding hydrogens is 258 g/mol. The molecular formula is C15H21NO4. The molecule has 0 saturated heterocycles. The second kappa shape index (κ2) is 7.65. The molecule has 1 rings (SSSR count). The molecule has 2 atom stereocenters. The molecule has 0 fully saturated rings. The summed E-state index contributed by atoms with van der Waals surface area (Å²) in [7, 11) is 1.43. The van der Waals surface area contributed by atoms with Gasteiger partial charge in [-0.2, -0.15) is 0 Å². The number of ether oxygens (including phenoxy) is 1. The molecule has 0 spiro atoms. The average molecular weight is 279 g/mol. The highest BCUT2D eigenvalue weighted by molar-refractivity contribution is 5.87. The van der Waals surface area contributed by atoms with Crippen LogP contribution < -0.4 is 5.32 Å². The van der Waals surface area contributed by atoms with Crippen molar-refractivity contribution < 1.29 is 19.4 Å². The predicted octanol–water partition coefficient (Wildman–Crippen LogP) is 1.99. The van der Waals surface area contributed by atoms with Gasteiger partial charge in [-0.05, 0) is 17.9 Å². The molecule has 0 bridgehead atoms. The number of rotatable bonds is 7. The van der Waals surface area contributed by atoms with Gasteiger partial charge >= 0.3 is 5.97 Å². The van der Waals surface area contributed by atoms with E-state index < -0.39 is 24.0 Å². The van der Waals surface area contributed by atoms with Crippen molar-refractivity contribution in [1.82, 2.24) is 5.32 Å². The normalized spacial score (nSPS) is 13.8. The van der Waals surface area contributed by atoms with Crippen LogP contribution in [0.15, 0.2) is 30.3 Å². The molecule has 0 aliphatic rings. The number of carbonyl (C=O) groups is 2. The molecule has 5 nitrogen and oxygen atoms in total. The molecule has 0 aromatic heterocycles. The van der Waals surface area contributed by atoms with E-state index in [1.165, 1.54) is 7.11 Å². The van der Waals surface area contributed by atoms with Gasteiger partial charge in [0.2, 0.25) is 0 Å². The van der Waals surface area contributed by atoms with Crippen LogP contribution in [0.2, 0.25) is 0 Å². The first kappa shape index (κ1) is 16.2. The van der Waals surface area contributed by atoms with Crippen LogP contribution in [0.25, 0.3) is 0 Å². The Morgan fingerprint density at radius 1 is 1.25 bits per heavy atom. The van der Waals surface area contributed by atoms with E-state index in [9.17, 15) is 9.59 Å². The summed E-state index contributed by atoms with van der Waals surface area (Å²) >= 11 is 0. The van der Waals surface area contributed by atoms with E-state index in [2.05, 4.69) is 5.32 Å². The summed E-state index contributed by atoms with van der Waals surface area (Å²) in [5.74, 6) is -1.30. The lowest BCUT2D eigenvalue weighted by atomic mass is 10.0. The van der Waals surface area contributed by atoms with Crippen molar-refractivity contribution >= 4 is 11.9 Å². The highest BCUT2D eigenvalue weighted by atomic mass is 16.5. The van der Waals surface area contributed by atoms with Gasteiger partial charge in [0, 0.05) is 7.11 Å². The Morgan fingerprint density at radius 3 is 2.30 bits per heavy atom. The molecule has 110 valence electrons. The molecule has 1 aromatic rings. The van der Waals surface area contributed by atoms with Crippen LogP contribution in [0, 0.1) is 5.92 Å². The van der Waals surface area contributed by atoms with Crippen molar-refractivity contribution in [3.63, 3.8) is 0 Å². The number of methoxy groups -OCH3 is 1. The number of aliphatic carboxylic acids is 1. The highest BCUT2D eigenvalue weighted by Crippen LogP contribution is 2.17. The van der Waals surface area contributed by atoms with E-state index in [-0.39, 0.29) is 5.92 Å². The molecule has 1 amide bonds. The van der Waals surface area contributed by atoms with E-state index >= 15 is 0 Å². The summed E-state index contributed by atoms with van der Waals surface area (Å²) in [5.41, 5.74) is 0.696. The molecule has 0 saturated carbocycles. The van der Waals surface area contributed by atoms with E-state index in [0.29, 0.717) is 12.0 Å². The van der Waals surface area contributed by atoms with Crippen molar-refractivity contribution in [1.29, 1.82) is 0 Å². The van der Waals surface area contributed by atoms with Crippen LogP contribution in [0.3, 0.4) is 0 Å². The largest absolute Gasteiger partial charge is 0.480 e. The summed E-state index contributed by atoms with van der Waals surface area (Å²) in [6.45, 7) is 3.82. The minimum atomic E-state index is -1.03. The fourth-order valence-corrected chi connectivity index (χ4v) is 1.96. The molecule has 0 radical (unpaired) electrons. The van der Waals surface area contributed by atoms with Crippen molar-refractivity contribution in [2.24, 2.45) is 5.92 Å². The van der Waals surface area contributed by atoms with Crippen molar-refractivity contribution in [2.75, 3.05) is 7.11 Å². The number of carboxylic acids is 1. The predicted molar refractivity (Wildman–Crippen MR) is 75.2 cm³/mol. The van der Waals surface area contributed by atoms with Gasteiger partial charge in [0.1, 0.15) is 6.04 Å². The Labute approximate surface area is 118 Å². The van der Waals surface area contributed by atoms with Gasteiger partial charge in [0.15, 0.2) is 6.10 Å². The van der Waals surface area contributed by atoms with E-state index in [0.717, 1.165) is 0 Å². The zero-order chi connectivity index (χ0) is 15.1. The minimum Gasteiger partial charge on any atom is -0.480 e. The lowest BCUT2D eigenvalue weighted by Gasteiger charge is -2.20. The Morgan fingerprint density at radius 2 is 1.85 bits per heavy atom. The molecule has 20 heavy (non-hydrogen) atoms. The maximum Gasteiger partial charge on any atom is 0.326 e. The Kier molecular flexibility index (Phi) is 6.18. The van der Waals surface area contributed by atoms with E-state index in [1.807, 2.05) is 19.9 Å². The van der Waals surface area contributed by atoms with Crippen LogP contribution >= 0.6 is 0 Å². The van der Waals surface area contributed by atoms with Crippen molar-refractivity contribution in [3.8, 4) is 0 Å². The fraction of sp³-hybridized carbons (Fsp3) is 0.467. The van der Waals surface area contributed by atoms with E-state index in [4.69, 9.17) is 9.84 Å². The lowest BCUT2D eigenvalue weighted by molar-refractivity contribution is -0.144. The van der Waals surface area contributed by atoms with Crippen LogP contribution in [-0.4, -0.2) is 30.1 Å². The summed E-state index contributed by atoms with van der Waals surface area (Å²) in [5, 5.41) is 11.7. The van der Waals surface area contributed by atoms with Gasteiger partial charge in [-0.3, -0.25) is 4.79 Å². The van der Waals surface area contributed by atoms with Crippen molar-refractivity contribution in [2.45, 2.75) is 32.4 Å². The first-order valence-electron chi connectivity index (χ1n) is 6.56. The topological polar surface area (TPSA) is 75.6 Å². The van der Waals surface area contributed by atoms with Gasteiger partial charge in [-0.1, -0.05) is 44.2 Å². The Hall–Kier alpha value is -1.88. The third kappa shape index (κ3) is 4.66. The summed E-state index contributed by atoms with van der Waals surface area (Å²) in [6, 6.07) is 8.09. The first-order chi connectivity index (χ1) is 9.45. The second-order valence-corrected chi connectivity index (χ2v) is 5.06. The number of carboxylic acid groups (broad SMARTS) is 1. The number of carbonyl (C=O) groups excluding carboxylic acids is 1. The van der Waals surface area contributed by atoms with Gasteiger partial charge < -0.3 is 15.2 Å². The monoisotopic (exact) mass is 279 g/mol. The minimum absolute atomic E-state index is 0.175. The molecule has 5 heteroatoms. The van der Waals surface area contributed by atoms with Crippen molar-refractivity contribution in [3.05, 3.63) is 35.9 Å². The van der Waals surface area contributed by atoms with Gasteiger partial charge in [-0.25, -0.2) is 4.79 Å². The molecule has 0 heterocycles. The Bertz CT molecular complexity index is 444. The maximum absolute atomic E-state index is 12.2. The number of amides is 1. The maximum atomic E-state index is 12.2. The van der Waals surface area contributed by atoms with Crippen LogP contribution in [0.1, 0.15) is 31.9 Å². The standard InChI is InChI=1S/C15H21NO4/c1-10(2)9-12(15(18)19)16-14(17)13(20-3)11-7-5-4-6-8-11/h4-8,10,12-13H,9H2,1-3H3,(H,16,17)(H,18,19)/t12?,13-/m1/s1. The summed E-state index contributed by atoms with van der Waals surface area (Å²) in [6.07, 6.45) is -0.419. The molecule has 0 aliphatic heterocycles. The second-order valence-electron chi connectivity index (χ2n) is 5.06. The smallest absolute Gasteiger partial charge is 0.326 e. The van der Waals surface area contributed by atoms with Crippen LogP contribution in [0.4, 0.5) is 0 Å². The third-order valence-electron chi connectivity index (χ3n) is 2.90. The fourth-order valence-electron chi connectivity index (χ4n) is 1.96. The zero-order valence-corrected chi connectivity index (χ0v) is 12.0. The van der Waals surface area contributed by atoms with E-state index in [1.54, 1.807) is 24.3 Å². The first-order valence-corrected chi connectivity index (χ1v) is 6.56. The van der Waals surface area contributed by atoms with Gasteiger partial charge in [-0.15, -0.1) is 0 Å². The van der Waals surface area contributed by atoms with Crippen LogP contribution in [0.5, 0.6) is 0 Å². The van der Waals surface area contributed by atoms with Crippen LogP contribution in [-0.2, 0) is 14.3 Å². The SMILES string of the molecule is CO[C@@H](C(=O)NC(CC(C)C)C(=O)O)c1ccccc1. The summed E-state index contributed by atoms with van der Waals surface area (Å²) < 4.78 is 5.18. The third-order valence-corrected chi connectivity index (χ3v) is 2.90. The number of benzene rings is 1. The number of nitrogens with one attached hydrogen (secondary N) is 1. The Balaban J connectivity index is 2.78. The lowest BCUT2D eigenvalue weighted by Crippen LogP contribution is -2.44. The van der Waals surface area contributed by atoms with Gasteiger partial charge in [0.05, 0.1) is 0 Å². The summed E-state index contributed by atoms with van der Waals surface area (Å²) in [4.78, 5) is 23.3. The number of hydrogen-bond acceptors (Lipinski definition) is 3. The quantitative estimate of drug-likeness (QED) is 0.800. The molecule has 1 aromatic carbocycles. The van der Waals surface area contributed by atoms with Gasteiger partial charge in [0.25, 0.3) is 5.91 Å². The molecule has 2 N–H and O–H groups in total. The average Bonchev–Trinajstić information content (AvgIpc) is 2.39. The molecule has 1 unspecified atom stereocenters. The number of hydrogen-bond donors (Lipinski definition) is 2. The highest BCUT2D eigenvalue weighted by Gasteiger charge is 2.26. The zero-order valence-electron chi connectivity index (χ0n) is 12.0.